The number of carbonyl (C=O) groups is 1. The van der Waals surface area contributed by atoms with Crippen molar-refractivity contribution in [2.75, 3.05) is 5.32 Å². The van der Waals surface area contributed by atoms with Gasteiger partial charge in [-0.15, -0.1) is 0 Å². The molecule has 2 aromatic rings. The maximum absolute atomic E-state index is 12.2. The van der Waals surface area contributed by atoms with Crippen LogP contribution in [0.1, 0.15) is 15.9 Å². The maximum Gasteiger partial charge on any atom is 0.256 e. The lowest BCUT2D eigenvalue weighted by Crippen LogP contribution is -2.13. The molecule has 2 nitrogen and oxygen atoms in total. The van der Waals surface area contributed by atoms with E-state index >= 15 is 0 Å². The van der Waals surface area contributed by atoms with Crippen LogP contribution in [0.3, 0.4) is 0 Å². The molecule has 0 atom stereocenters. The van der Waals surface area contributed by atoms with Crippen molar-refractivity contribution in [3.8, 4) is 0 Å². The SMILES string of the molecule is Cc1ccc(Br)c(NC(=O)c2ccc(Cl)cc2Br)c1. The van der Waals surface area contributed by atoms with E-state index in [9.17, 15) is 4.79 Å². The van der Waals surface area contributed by atoms with Crippen molar-refractivity contribution in [1.29, 1.82) is 0 Å². The molecule has 0 aromatic heterocycles. The maximum atomic E-state index is 12.2. The highest BCUT2D eigenvalue weighted by Crippen LogP contribution is 2.26. The zero-order chi connectivity index (χ0) is 14.0. The lowest BCUT2D eigenvalue weighted by Gasteiger charge is -2.09. The van der Waals surface area contributed by atoms with E-state index in [4.69, 9.17) is 11.6 Å². The summed E-state index contributed by atoms with van der Waals surface area (Å²) in [4.78, 5) is 12.2. The third-order valence-corrected chi connectivity index (χ3v) is 4.13. The minimum atomic E-state index is -0.185. The van der Waals surface area contributed by atoms with Gasteiger partial charge in [-0.05, 0) is 74.7 Å². The molecule has 1 amide bonds. The molecule has 1 N–H and O–H groups in total. The van der Waals surface area contributed by atoms with Gasteiger partial charge in [-0.2, -0.15) is 0 Å². The van der Waals surface area contributed by atoms with Crippen molar-refractivity contribution < 1.29 is 4.79 Å². The average Bonchev–Trinajstić information content (AvgIpc) is 2.33. The highest BCUT2D eigenvalue weighted by molar-refractivity contribution is 9.11. The van der Waals surface area contributed by atoms with E-state index in [1.165, 1.54) is 0 Å². The number of hydrogen-bond acceptors (Lipinski definition) is 1. The summed E-state index contributed by atoms with van der Waals surface area (Å²) < 4.78 is 1.51. The molecule has 0 aliphatic carbocycles. The summed E-state index contributed by atoms with van der Waals surface area (Å²) in [5.41, 5.74) is 2.36. The fourth-order valence-corrected chi connectivity index (χ4v) is 2.81. The van der Waals surface area contributed by atoms with Crippen LogP contribution < -0.4 is 5.32 Å². The largest absolute Gasteiger partial charge is 0.321 e. The lowest BCUT2D eigenvalue weighted by atomic mass is 10.2. The molecule has 0 saturated carbocycles. The minimum absolute atomic E-state index is 0.185. The van der Waals surface area contributed by atoms with E-state index in [-0.39, 0.29) is 5.91 Å². The van der Waals surface area contributed by atoms with E-state index in [0.717, 1.165) is 15.7 Å². The predicted molar refractivity (Wildman–Crippen MR) is 86.0 cm³/mol. The first kappa shape index (κ1) is 14.6. The molecule has 19 heavy (non-hydrogen) atoms. The van der Waals surface area contributed by atoms with E-state index in [1.807, 2.05) is 25.1 Å². The quantitative estimate of drug-likeness (QED) is 0.712. The van der Waals surface area contributed by atoms with Crippen LogP contribution >= 0.6 is 43.5 Å². The first-order valence-electron chi connectivity index (χ1n) is 5.50. The highest BCUT2D eigenvalue weighted by atomic mass is 79.9. The van der Waals surface area contributed by atoms with Gasteiger partial charge in [-0.25, -0.2) is 0 Å². The average molecular weight is 404 g/mol. The fourth-order valence-electron chi connectivity index (χ4n) is 1.60. The molecule has 0 fully saturated rings. The number of nitrogens with one attached hydrogen (secondary N) is 1. The van der Waals surface area contributed by atoms with Gasteiger partial charge in [0, 0.05) is 14.0 Å². The third kappa shape index (κ3) is 3.59. The zero-order valence-corrected chi connectivity index (χ0v) is 13.9. The number of carbonyl (C=O) groups excluding carboxylic acids is 1. The van der Waals surface area contributed by atoms with Crippen molar-refractivity contribution in [2.45, 2.75) is 6.92 Å². The number of amides is 1. The zero-order valence-electron chi connectivity index (χ0n) is 10.0. The Morgan fingerprint density at radius 2 is 1.84 bits per heavy atom. The van der Waals surface area contributed by atoms with Crippen LogP contribution in [0.5, 0.6) is 0 Å². The van der Waals surface area contributed by atoms with E-state index in [1.54, 1.807) is 18.2 Å². The molecule has 0 heterocycles. The van der Waals surface area contributed by atoms with Crippen LogP contribution in [0.4, 0.5) is 5.69 Å². The summed E-state index contributed by atoms with van der Waals surface area (Å²) in [5, 5.41) is 3.45. The van der Waals surface area contributed by atoms with E-state index in [0.29, 0.717) is 15.1 Å². The molecule has 0 saturated heterocycles. The van der Waals surface area contributed by atoms with Crippen molar-refractivity contribution in [2.24, 2.45) is 0 Å². The summed E-state index contributed by atoms with van der Waals surface area (Å²) in [6, 6.07) is 10.9. The minimum Gasteiger partial charge on any atom is -0.321 e. The lowest BCUT2D eigenvalue weighted by molar-refractivity contribution is 0.102. The Kier molecular flexibility index (Phi) is 4.66. The summed E-state index contributed by atoms with van der Waals surface area (Å²) in [6.45, 7) is 1.97. The molecular weight excluding hydrogens is 393 g/mol. The van der Waals surface area contributed by atoms with Gasteiger partial charge in [0.15, 0.2) is 0 Å². The smallest absolute Gasteiger partial charge is 0.256 e. The van der Waals surface area contributed by atoms with Crippen molar-refractivity contribution in [1.82, 2.24) is 0 Å². The molecule has 5 heteroatoms. The normalized spacial score (nSPS) is 10.3. The predicted octanol–water partition coefficient (Wildman–Crippen LogP) is 5.43. The third-order valence-electron chi connectivity index (χ3n) is 2.55. The van der Waals surface area contributed by atoms with Gasteiger partial charge in [0.05, 0.1) is 11.3 Å². The van der Waals surface area contributed by atoms with Crippen LogP contribution in [0, 0.1) is 6.92 Å². The molecule has 98 valence electrons. The Hall–Kier alpha value is -0.840. The topological polar surface area (TPSA) is 29.1 Å². The molecular formula is C14H10Br2ClNO. The van der Waals surface area contributed by atoms with Gasteiger partial charge in [-0.3, -0.25) is 4.79 Å². The van der Waals surface area contributed by atoms with Gasteiger partial charge in [0.2, 0.25) is 0 Å². The Bertz CT molecular complexity index is 643. The second-order valence-corrected chi connectivity index (χ2v) is 6.21. The fraction of sp³-hybridized carbons (Fsp3) is 0.0714. The molecule has 0 bridgehead atoms. The Balaban J connectivity index is 2.28. The summed E-state index contributed by atoms with van der Waals surface area (Å²) >= 11 is 12.6. The second-order valence-electron chi connectivity index (χ2n) is 4.06. The molecule has 0 spiro atoms. The molecule has 2 aromatic carbocycles. The monoisotopic (exact) mass is 401 g/mol. The first-order valence-corrected chi connectivity index (χ1v) is 7.46. The van der Waals surface area contributed by atoms with Crippen LogP contribution in [-0.2, 0) is 0 Å². The standard InChI is InChI=1S/C14H10Br2ClNO/c1-8-2-5-11(15)13(6-8)18-14(19)10-4-3-9(17)7-12(10)16/h2-7H,1H3,(H,18,19). The van der Waals surface area contributed by atoms with Crippen molar-refractivity contribution >= 4 is 55.1 Å². The molecule has 2 rings (SSSR count). The molecule has 0 aliphatic heterocycles. The van der Waals surface area contributed by atoms with Crippen LogP contribution in [0.2, 0.25) is 5.02 Å². The number of halogens is 3. The summed E-state index contributed by atoms with van der Waals surface area (Å²) in [6.07, 6.45) is 0. The molecule has 0 aliphatic rings. The molecule has 0 radical (unpaired) electrons. The van der Waals surface area contributed by atoms with Crippen LogP contribution in [0.15, 0.2) is 45.3 Å². The number of aryl methyl sites for hydroxylation is 1. The van der Waals surface area contributed by atoms with Crippen LogP contribution in [-0.4, -0.2) is 5.91 Å². The van der Waals surface area contributed by atoms with E-state index in [2.05, 4.69) is 37.2 Å². The second kappa shape index (κ2) is 6.07. The Morgan fingerprint density at radius 1 is 1.11 bits per heavy atom. The first-order chi connectivity index (χ1) is 8.97. The molecule has 0 unspecified atom stereocenters. The summed E-state index contributed by atoms with van der Waals surface area (Å²) in [7, 11) is 0. The number of hydrogen-bond donors (Lipinski definition) is 1. The van der Waals surface area contributed by atoms with Gasteiger partial charge < -0.3 is 5.32 Å². The van der Waals surface area contributed by atoms with Gasteiger partial charge in [0.25, 0.3) is 5.91 Å². The van der Waals surface area contributed by atoms with Gasteiger partial charge in [-0.1, -0.05) is 17.7 Å². The summed E-state index contributed by atoms with van der Waals surface area (Å²) in [5.74, 6) is -0.185. The number of anilines is 1. The highest BCUT2D eigenvalue weighted by Gasteiger charge is 2.12. The van der Waals surface area contributed by atoms with Crippen LogP contribution in [0.25, 0.3) is 0 Å². The van der Waals surface area contributed by atoms with Crippen molar-refractivity contribution in [3.05, 3.63) is 61.5 Å². The van der Waals surface area contributed by atoms with Gasteiger partial charge >= 0.3 is 0 Å². The number of rotatable bonds is 2. The Labute approximate surface area is 133 Å². The van der Waals surface area contributed by atoms with Crippen molar-refractivity contribution in [3.63, 3.8) is 0 Å². The number of benzene rings is 2. The Morgan fingerprint density at radius 3 is 2.53 bits per heavy atom. The van der Waals surface area contributed by atoms with E-state index < -0.39 is 0 Å². The van der Waals surface area contributed by atoms with Gasteiger partial charge in [0.1, 0.15) is 0 Å².